The fourth-order valence-corrected chi connectivity index (χ4v) is 1.28. The maximum atomic E-state index is 8.47. The van der Waals surface area contributed by atoms with Crippen molar-refractivity contribution in [1.29, 1.82) is 5.26 Å². The van der Waals surface area contributed by atoms with Crippen LogP contribution in [0.1, 0.15) is 11.8 Å². The van der Waals surface area contributed by atoms with E-state index in [0.29, 0.717) is 0 Å². The Morgan fingerprint density at radius 1 is 1.38 bits per heavy atom. The highest BCUT2D eigenvalue weighted by Gasteiger charge is 2.18. The van der Waals surface area contributed by atoms with Crippen molar-refractivity contribution in [2.75, 3.05) is 0 Å². The summed E-state index contributed by atoms with van der Waals surface area (Å²) in [5.41, 5.74) is 6.33. The van der Waals surface area contributed by atoms with Gasteiger partial charge in [-0.2, -0.15) is 10.3 Å². The van der Waals surface area contributed by atoms with Gasteiger partial charge in [-0.05, 0) is 0 Å². The Morgan fingerprint density at radius 3 is 2.81 bits per heavy atom. The van der Waals surface area contributed by atoms with Gasteiger partial charge >= 0.3 is 0 Å². The quantitative estimate of drug-likeness (QED) is 0.525. The average Bonchev–Trinajstić information content (AvgIpc) is 2.30. The molecule has 0 radical (unpaired) electrons. The lowest BCUT2D eigenvalue weighted by Gasteiger charge is -2.18. The van der Waals surface area contributed by atoms with Crippen LogP contribution >= 0.6 is 0 Å². The highest BCUT2D eigenvalue weighted by molar-refractivity contribution is 5.93. The minimum Gasteiger partial charge on any atom is -0.435 e. The molecule has 0 fully saturated rings. The van der Waals surface area contributed by atoms with Gasteiger partial charge in [0.15, 0.2) is 6.19 Å². The summed E-state index contributed by atoms with van der Waals surface area (Å²) in [7, 11) is 0. The second-order valence-electron chi connectivity index (χ2n) is 3.02. The first-order valence-electron chi connectivity index (χ1n) is 4.58. The van der Waals surface area contributed by atoms with Gasteiger partial charge in [0.2, 0.25) is 12.2 Å². The molecule has 80 valence electrons. The Morgan fingerprint density at radius 2 is 2.12 bits per heavy atom. The van der Waals surface area contributed by atoms with Gasteiger partial charge in [0.05, 0.1) is 0 Å². The van der Waals surface area contributed by atoms with Crippen LogP contribution in [0.2, 0.25) is 0 Å². The predicted molar refractivity (Wildman–Crippen MR) is 58.1 cm³/mol. The maximum absolute atomic E-state index is 8.47. The molecule has 0 amide bonds. The van der Waals surface area contributed by atoms with E-state index in [1.54, 1.807) is 6.19 Å². The minimum absolute atomic E-state index is 0.0124. The van der Waals surface area contributed by atoms with E-state index < -0.39 is 6.23 Å². The molecular weight excluding hydrogens is 206 g/mol. The Kier molecular flexibility index (Phi) is 2.69. The monoisotopic (exact) mass is 215 g/mol. The van der Waals surface area contributed by atoms with Crippen LogP contribution in [-0.4, -0.2) is 12.0 Å². The SMILES string of the molecule is N#CNC1=NC(c2ccccc2)OC(N)=N1. The number of aliphatic imine (C=N–C) groups is 2. The summed E-state index contributed by atoms with van der Waals surface area (Å²) in [5, 5.41) is 10.8. The first kappa shape index (κ1) is 9.98. The third-order valence-electron chi connectivity index (χ3n) is 1.94. The standard InChI is InChI=1S/C10H9N5O/c11-6-13-10-14-8(16-9(12)15-10)7-4-2-1-3-5-7/h1-5,8H,(H3,12,13,14,15). The van der Waals surface area contributed by atoms with E-state index in [9.17, 15) is 0 Å². The van der Waals surface area contributed by atoms with Gasteiger partial charge in [0.25, 0.3) is 6.02 Å². The van der Waals surface area contributed by atoms with Gasteiger partial charge < -0.3 is 10.5 Å². The van der Waals surface area contributed by atoms with Crippen molar-refractivity contribution in [3.8, 4) is 6.19 Å². The molecule has 0 saturated heterocycles. The molecule has 1 aliphatic rings. The molecular formula is C10H9N5O. The van der Waals surface area contributed by atoms with Gasteiger partial charge in [-0.15, -0.1) is 0 Å². The van der Waals surface area contributed by atoms with Gasteiger partial charge in [0, 0.05) is 5.56 Å². The molecule has 0 bridgehead atoms. The van der Waals surface area contributed by atoms with Crippen LogP contribution in [0.4, 0.5) is 0 Å². The van der Waals surface area contributed by atoms with Crippen molar-refractivity contribution in [3.05, 3.63) is 35.9 Å². The van der Waals surface area contributed by atoms with Crippen molar-refractivity contribution in [3.63, 3.8) is 0 Å². The predicted octanol–water partition coefficient (Wildman–Crippen LogP) is 0.457. The van der Waals surface area contributed by atoms with Gasteiger partial charge in [0.1, 0.15) is 0 Å². The average molecular weight is 215 g/mol. The molecule has 6 nitrogen and oxygen atoms in total. The summed E-state index contributed by atoms with van der Waals surface area (Å²) >= 11 is 0. The van der Waals surface area contributed by atoms with Gasteiger partial charge in [-0.3, -0.25) is 5.32 Å². The number of nitriles is 1. The van der Waals surface area contributed by atoms with Crippen molar-refractivity contribution in [1.82, 2.24) is 5.32 Å². The molecule has 1 aromatic rings. The third kappa shape index (κ3) is 2.09. The molecule has 0 aromatic heterocycles. The number of rotatable bonds is 1. The van der Waals surface area contributed by atoms with Crippen molar-refractivity contribution in [2.45, 2.75) is 6.23 Å². The van der Waals surface area contributed by atoms with Gasteiger partial charge in [-0.1, -0.05) is 30.3 Å². The summed E-state index contributed by atoms with van der Waals surface area (Å²) < 4.78 is 5.24. The molecule has 1 aliphatic heterocycles. The number of guanidine groups is 1. The van der Waals surface area contributed by atoms with E-state index in [1.807, 2.05) is 30.3 Å². The Hall–Kier alpha value is -2.55. The van der Waals surface area contributed by atoms with Crippen LogP contribution in [0, 0.1) is 11.5 Å². The second-order valence-corrected chi connectivity index (χ2v) is 3.02. The van der Waals surface area contributed by atoms with E-state index >= 15 is 0 Å². The van der Waals surface area contributed by atoms with E-state index in [-0.39, 0.29) is 12.0 Å². The molecule has 6 heteroatoms. The number of amidine groups is 1. The number of nitrogens with zero attached hydrogens (tertiary/aromatic N) is 3. The number of hydrogen-bond acceptors (Lipinski definition) is 6. The number of nitrogens with one attached hydrogen (secondary N) is 1. The number of ether oxygens (including phenoxy) is 1. The molecule has 1 heterocycles. The lowest BCUT2D eigenvalue weighted by Crippen LogP contribution is -2.30. The second kappa shape index (κ2) is 4.31. The highest BCUT2D eigenvalue weighted by atomic mass is 16.5. The van der Waals surface area contributed by atoms with Crippen molar-refractivity contribution in [2.24, 2.45) is 15.7 Å². The van der Waals surface area contributed by atoms with Crippen LogP contribution < -0.4 is 11.1 Å². The summed E-state index contributed by atoms with van der Waals surface area (Å²) in [5.74, 6) is 0.153. The number of benzene rings is 1. The molecule has 1 aromatic carbocycles. The molecule has 2 rings (SSSR count). The zero-order valence-electron chi connectivity index (χ0n) is 8.29. The fourth-order valence-electron chi connectivity index (χ4n) is 1.28. The molecule has 1 unspecified atom stereocenters. The van der Waals surface area contributed by atoms with E-state index in [1.165, 1.54) is 0 Å². The fraction of sp³-hybridized carbons (Fsp3) is 0.100. The molecule has 0 aliphatic carbocycles. The van der Waals surface area contributed by atoms with E-state index in [0.717, 1.165) is 5.56 Å². The third-order valence-corrected chi connectivity index (χ3v) is 1.94. The summed E-state index contributed by atoms with van der Waals surface area (Å²) in [6.07, 6.45) is 1.17. The lowest BCUT2D eigenvalue weighted by molar-refractivity contribution is 0.193. The van der Waals surface area contributed by atoms with Crippen LogP contribution in [0.5, 0.6) is 0 Å². The smallest absolute Gasteiger partial charge is 0.292 e. The van der Waals surface area contributed by atoms with Crippen LogP contribution in [0.15, 0.2) is 40.3 Å². The van der Waals surface area contributed by atoms with Crippen LogP contribution in [-0.2, 0) is 4.74 Å². The Bertz CT molecular complexity index is 474. The first-order valence-corrected chi connectivity index (χ1v) is 4.58. The summed E-state index contributed by atoms with van der Waals surface area (Å²) in [4.78, 5) is 7.82. The molecule has 16 heavy (non-hydrogen) atoms. The van der Waals surface area contributed by atoms with E-state index in [4.69, 9.17) is 15.7 Å². The molecule has 3 N–H and O–H groups in total. The Balaban J connectivity index is 2.26. The number of hydrogen-bond donors (Lipinski definition) is 2. The van der Waals surface area contributed by atoms with Crippen molar-refractivity contribution < 1.29 is 4.74 Å². The normalized spacial score (nSPS) is 18.8. The topological polar surface area (TPSA) is 95.8 Å². The lowest BCUT2D eigenvalue weighted by atomic mass is 10.2. The summed E-state index contributed by atoms with van der Waals surface area (Å²) in [6, 6.07) is 9.33. The Labute approximate surface area is 92.1 Å². The molecule has 0 spiro atoms. The van der Waals surface area contributed by atoms with Crippen LogP contribution in [0.3, 0.4) is 0 Å². The number of nitrogens with two attached hydrogens (primary N) is 1. The minimum atomic E-state index is -0.561. The largest absolute Gasteiger partial charge is 0.435 e. The van der Waals surface area contributed by atoms with Crippen molar-refractivity contribution >= 4 is 12.0 Å². The summed E-state index contributed by atoms with van der Waals surface area (Å²) in [6.45, 7) is 0. The highest BCUT2D eigenvalue weighted by Crippen LogP contribution is 2.20. The zero-order valence-corrected chi connectivity index (χ0v) is 8.29. The first-order chi connectivity index (χ1) is 7.79. The van der Waals surface area contributed by atoms with Crippen LogP contribution in [0.25, 0.3) is 0 Å². The maximum Gasteiger partial charge on any atom is 0.292 e. The zero-order chi connectivity index (χ0) is 11.4. The van der Waals surface area contributed by atoms with E-state index in [2.05, 4.69) is 15.3 Å². The molecule has 1 atom stereocenters. The van der Waals surface area contributed by atoms with Gasteiger partial charge in [-0.25, -0.2) is 4.99 Å². The molecule has 0 saturated carbocycles.